The molecular weight excluding hydrogens is 758 g/mol. The van der Waals surface area contributed by atoms with Gasteiger partial charge in [0.15, 0.2) is 11.6 Å². The van der Waals surface area contributed by atoms with E-state index >= 15 is 0 Å². The monoisotopic (exact) mass is 782 g/mol. The first-order valence-corrected chi connectivity index (χ1v) is 15.8. The Labute approximate surface area is 288 Å². The van der Waals surface area contributed by atoms with E-state index in [1.165, 1.54) is 18.2 Å². The second-order valence-corrected chi connectivity index (χ2v) is 11.6. The van der Waals surface area contributed by atoms with Crippen molar-refractivity contribution in [3.63, 3.8) is 0 Å². The van der Waals surface area contributed by atoms with Crippen molar-refractivity contribution < 1.29 is 59.4 Å². The number of rotatable bonds is 2. The number of hydrogen-bond acceptors (Lipinski definition) is 7. The molecule has 0 atom stereocenters. The molecule has 0 unspecified atom stereocenters. The first-order chi connectivity index (χ1) is 22.6. The van der Waals surface area contributed by atoms with E-state index in [1.54, 1.807) is 49.1 Å². The molecule has 0 bridgehead atoms. The van der Waals surface area contributed by atoms with Gasteiger partial charge in [-0.3, -0.25) is 29.5 Å². The van der Waals surface area contributed by atoms with Crippen LogP contribution >= 0.6 is 7.81 Å². The molecule has 2 aromatic carbocycles. The second kappa shape index (κ2) is 15.4. The van der Waals surface area contributed by atoms with Crippen LogP contribution in [0.25, 0.3) is 22.8 Å². The van der Waals surface area contributed by atoms with Crippen molar-refractivity contribution in [2.24, 2.45) is 0 Å². The van der Waals surface area contributed by atoms with E-state index in [0.29, 0.717) is 11.1 Å². The van der Waals surface area contributed by atoms with E-state index in [1.807, 2.05) is 72.8 Å². The molecule has 4 heterocycles. The molecule has 1 aliphatic rings. The van der Waals surface area contributed by atoms with E-state index in [4.69, 9.17) is 0 Å². The molecule has 0 fully saturated rings. The van der Waals surface area contributed by atoms with Gasteiger partial charge < -0.3 is 5.11 Å². The molecule has 7 rings (SSSR count). The Morgan fingerprint density at radius 3 is 1.06 bits per heavy atom. The fourth-order valence-corrected chi connectivity index (χ4v) is 4.17. The van der Waals surface area contributed by atoms with E-state index in [0.717, 1.165) is 22.8 Å². The van der Waals surface area contributed by atoms with Crippen LogP contribution in [0.1, 0.15) is 31.8 Å². The van der Waals surface area contributed by atoms with Gasteiger partial charge in [0.1, 0.15) is 0 Å². The summed E-state index contributed by atoms with van der Waals surface area (Å²) in [4.78, 5) is 41.0. The largest absolute Gasteiger partial charge is 2.00 e. The zero-order chi connectivity index (χ0) is 34.9. The molecular formula is C34H23F6N4O3PRu. The van der Waals surface area contributed by atoms with Crippen LogP contribution in [0.4, 0.5) is 25.2 Å². The van der Waals surface area contributed by atoms with Gasteiger partial charge in [-0.05, 0) is 48.5 Å². The number of carbonyl (C=O) groups is 2. The molecule has 0 radical (unpaired) electrons. The molecule has 7 nitrogen and oxygen atoms in total. The number of aromatic nitrogens is 4. The zero-order valence-corrected chi connectivity index (χ0v) is 27.5. The minimum absolute atomic E-state index is 0. The summed E-state index contributed by atoms with van der Waals surface area (Å²) in [6.07, 6.45) is 7.07. The Hall–Kier alpha value is -5.19. The van der Waals surface area contributed by atoms with Gasteiger partial charge in [-0.1, -0.05) is 72.5 Å². The number of carbonyl (C=O) groups excluding carboxylic acids is 2. The minimum Gasteiger partial charge on any atom is -0.872 e. The molecule has 252 valence electrons. The number of fused-ring (bicyclic) bond motifs is 2. The maximum Gasteiger partial charge on any atom is 2.00 e. The predicted octanol–water partition coefficient (Wildman–Crippen LogP) is 9.20. The Kier molecular flexibility index (Phi) is 12.0. The van der Waals surface area contributed by atoms with Gasteiger partial charge in [-0.25, -0.2) is 0 Å². The molecule has 15 heteroatoms. The number of pyridine rings is 4. The van der Waals surface area contributed by atoms with Gasteiger partial charge in [-0.15, -0.1) is 0 Å². The van der Waals surface area contributed by atoms with E-state index in [-0.39, 0.29) is 42.2 Å². The smallest absolute Gasteiger partial charge is 0.872 e. The third-order valence-corrected chi connectivity index (χ3v) is 6.10. The fourth-order valence-electron chi connectivity index (χ4n) is 4.17. The van der Waals surface area contributed by atoms with Crippen LogP contribution in [0, 0.1) is 0 Å². The molecule has 0 amide bonds. The number of hydrogen-bond donors (Lipinski definition) is 0. The maximum atomic E-state index is 12.1. The topological polar surface area (TPSA) is 109 Å². The molecule has 0 spiro atoms. The summed E-state index contributed by atoms with van der Waals surface area (Å²) in [6.45, 7) is 0. The van der Waals surface area contributed by atoms with Crippen molar-refractivity contribution in [1.29, 1.82) is 0 Å². The first-order valence-electron chi connectivity index (χ1n) is 13.8. The first kappa shape index (κ1) is 38.3. The SMILES string of the molecule is F[P-](F)(F)(F)(F)F.O=C1c2ccccc2C(=O)c2c([O-])cccc21.[Ru+2].c1ccc(-c2ccccn2)nc1.c1ccc(-c2ccccn2)nc1. The normalized spacial score (nSPS) is 12.6. The molecule has 0 N–H and O–H groups in total. The summed E-state index contributed by atoms with van der Waals surface area (Å²) in [5, 5.41) is 11.7. The van der Waals surface area contributed by atoms with Crippen LogP contribution in [-0.4, -0.2) is 31.5 Å². The fraction of sp³-hybridized carbons (Fsp3) is 0. The summed E-state index contributed by atoms with van der Waals surface area (Å²) in [5.74, 6) is -1.01. The Balaban J connectivity index is 0.000000184. The van der Waals surface area contributed by atoms with Crippen LogP contribution in [-0.2, 0) is 19.5 Å². The molecule has 1 aliphatic carbocycles. The Bertz CT molecular complexity index is 1850. The van der Waals surface area contributed by atoms with Crippen molar-refractivity contribution in [2.45, 2.75) is 0 Å². The quantitative estimate of drug-likeness (QED) is 0.0978. The molecule has 0 aliphatic heterocycles. The van der Waals surface area contributed by atoms with Crippen LogP contribution in [0.15, 0.2) is 140 Å². The third kappa shape index (κ3) is 12.4. The van der Waals surface area contributed by atoms with Gasteiger partial charge in [0.25, 0.3) is 0 Å². The van der Waals surface area contributed by atoms with Crippen LogP contribution in [0.2, 0.25) is 0 Å². The van der Waals surface area contributed by atoms with Crippen molar-refractivity contribution in [3.8, 4) is 28.5 Å². The number of halogens is 6. The molecule has 6 aromatic rings. The summed E-state index contributed by atoms with van der Waals surface area (Å²) >= 11 is 0. The van der Waals surface area contributed by atoms with Crippen LogP contribution in [0.5, 0.6) is 5.75 Å². The number of nitrogens with zero attached hydrogens (tertiary/aromatic N) is 4. The van der Waals surface area contributed by atoms with Crippen LogP contribution < -0.4 is 5.11 Å². The maximum absolute atomic E-state index is 12.1. The van der Waals surface area contributed by atoms with Gasteiger partial charge in [0, 0.05) is 47.0 Å². The van der Waals surface area contributed by atoms with Crippen molar-refractivity contribution in [3.05, 3.63) is 162 Å². The summed E-state index contributed by atoms with van der Waals surface area (Å²) in [5.41, 5.74) is 4.55. The average molecular weight is 782 g/mol. The van der Waals surface area contributed by atoms with Gasteiger partial charge in [0.05, 0.1) is 22.8 Å². The average Bonchev–Trinajstić information content (AvgIpc) is 3.08. The predicted molar refractivity (Wildman–Crippen MR) is 168 cm³/mol. The van der Waals surface area contributed by atoms with Gasteiger partial charge >= 0.3 is 52.5 Å². The van der Waals surface area contributed by atoms with Crippen molar-refractivity contribution >= 4 is 19.4 Å². The van der Waals surface area contributed by atoms with Crippen molar-refractivity contribution in [2.75, 3.05) is 0 Å². The van der Waals surface area contributed by atoms with Crippen molar-refractivity contribution in [1.82, 2.24) is 19.9 Å². The molecule has 4 aromatic heterocycles. The van der Waals surface area contributed by atoms with E-state index in [2.05, 4.69) is 19.9 Å². The second-order valence-electron chi connectivity index (χ2n) is 9.70. The summed E-state index contributed by atoms with van der Waals surface area (Å²) in [6, 6.07) is 34.1. The molecule has 0 saturated carbocycles. The summed E-state index contributed by atoms with van der Waals surface area (Å²) < 4.78 is 59.2. The number of ketones is 2. The Morgan fingerprint density at radius 2 is 0.735 bits per heavy atom. The number of benzene rings is 2. The summed E-state index contributed by atoms with van der Waals surface area (Å²) in [7, 11) is -10.7. The Morgan fingerprint density at radius 1 is 0.429 bits per heavy atom. The van der Waals surface area contributed by atoms with E-state index < -0.39 is 13.6 Å². The van der Waals surface area contributed by atoms with E-state index in [9.17, 15) is 39.9 Å². The zero-order valence-electron chi connectivity index (χ0n) is 24.9. The molecule has 49 heavy (non-hydrogen) atoms. The standard InChI is InChI=1S/C14H8O3.2C10H8N2.F6P.Ru/c15-11-7-3-6-10-12(11)14(17)9-5-2-1-4-8(9)13(10)16;2*1-3-7-11-9(5-1)10-6-2-4-8-12-10;1-7(2,3,4,5)6;/h1-7,15H;2*1-8H;;/q;;;-1;+2/p-1. The van der Waals surface area contributed by atoms with Crippen LogP contribution in [0.3, 0.4) is 0 Å². The van der Waals surface area contributed by atoms with Gasteiger partial charge in [0.2, 0.25) is 0 Å². The molecule has 0 saturated heterocycles. The minimum atomic E-state index is -10.7. The third-order valence-electron chi connectivity index (χ3n) is 6.10. The van der Waals surface area contributed by atoms with Gasteiger partial charge in [-0.2, -0.15) is 0 Å².